The van der Waals surface area contributed by atoms with Crippen molar-refractivity contribution in [1.82, 2.24) is 9.78 Å². The van der Waals surface area contributed by atoms with Crippen molar-refractivity contribution in [3.8, 4) is 0 Å². The van der Waals surface area contributed by atoms with E-state index in [9.17, 15) is 22.8 Å². The highest BCUT2D eigenvalue weighted by atomic mass is 19.4. The van der Waals surface area contributed by atoms with E-state index in [4.69, 9.17) is 0 Å². The number of rotatable bonds is 5. The van der Waals surface area contributed by atoms with E-state index < -0.39 is 36.5 Å². The molecule has 8 heteroatoms. The summed E-state index contributed by atoms with van der Waals surface area (Å²) in [7, 11) is 0. The van der Waals surface area contributed by atoms with Gasteiger partial charge in [0.1, 0.15) is 13.0 Å². The summed E-state index contributed by atoms with van der Waals surface area (Å²) in [6, 6.07) is 0. The second kappa shape index (κ2) is 5.65. The summed E-state index contributed by atoms with van der Waals surface area (Å²) in [4.78, 5) is 22.3. The molecule has 1 heterocycles. The van der Waals surface area contributed by atoms with Crippen molar-refractivity contribution in [3.63, 3.8) is 0 Å². The lowest BCUT2D eigenvalue weighted by atomic mass is 10.3. The Morgan fingerprint density at radius 1 is 1.44 bits per heavy atom. The number of halogens is 3. The summed E-state index contributed by atoms with van der Waals surface area (Å²) in [5.74, 6) is -1.27. The highest BCUT2D eigenvalue weighted by Gasteiger charge is 2.32. The predicted molar refractivity (Wildman–Crippen MR) is 53.5 cm³/mol. The molecular weight excluding hydrogens is 253 g/mol. The molecular formula is C10H11F3N2O3. The second-order valence-electron chi connectivity index (χ2n) is 3.44. The number of aromatic nitrogens is 2. The maximum atomic E-state index is 12.2. The summed E-state index contributed by atoms with van der Waals surface area (Å²) in [5, 5.41) is 3.40. The molecule has 0 aliphatic rings. The molecule has 0 bridgehead atoms. The number of ketones is 1. The van der Waals surface area contributed by atoms with Crippen LogP contribution < -0.4 is 0 Å². The third kappa shape index (κ3) is 4.19. The first-order valence-corrected chi connectivity index (χ1v) is 5.10. The van der Waals surface area contributed by atoms with Crippen molar-refractivity contribution in [2.24, 2.45) is 0 Å². The van der Waals surface area contributed by atoms with Crippen LogP contribution in [0.3, 0.4) is 0 Å². The molecule has 0 amide bonds. The third-order valence-corrected chi connectivity index (χ3v) is 1.95. The first-order chi connectivity index (χ1) is 8.32. The Morgan fingerprint density at radius 3 is 2.61 bits per heavy atom. The molecule has 1 aromatic heterocycles. The summed E-state index contributed by atoms with van der Waals surface area (Å²) < 4.78 is 42.1. The minimum absolute atomic E-state index is 0.145. The molecule has 0 fully saturated rings. The van der Waals surface area contributed by atoms with Gasteiger partial charge in [0.15, 0.2) is 5.78 Å². The lowest BCUT2D eigenvalue weighted by Crippen LogP contribution is -2.16. The average Bonchev–Trinajstić information content (AvgIpc) is 2.65. The van der Waals surface area contributed by atoms with E-state index in [1.54, 1.807) is 6.92 Å². The molecule has 0 atom stereocenters. The van der Waals surface area contributed by atoms with Gasteiger partial charge in [-0.1, -0.05) is 0 Å². The van der Waals surface area contributed by atoms with E-state index in [1.807, 2.05) is 0 Å². The topological polar surface area (TPSA) is 61.2 Å². The van der Waals surface area contributed by atoms with Crippen LogP contribution in [-0.2, 0) is 27.0 Å². The van der Waals surface area contributed by atoms with Gasteiger partial charge in [-0.05, 0) is 6.92 Å². The van der Waals surface area contributed by atoms with Crippen LogP contribution in [0.4, 0.5) is 13.2 Å². The van der Waals surface area contributed by atoms with Gasteiger partial charge in [0, 0.05) is 6.20 Å². The van der Waals surface area contributed by atoms with E-state index in [-0.39, 0.29) is 6.61 Å². The minimum atomic E-state index is -4.50. The molecule has 1 aromatic rings. The molecule has 0 unspecified atom stereocenters. The highest BCUT2D eigenvalue weighted by Crippen LogP contribution is 2.28. The van der Waals surface area contributed by atoms with E-state index in [2.05, 4.69) is 9.84 Å². The molecule has 0 aromatic carbocycles. The summed E-state index contributed by atoms with van der Waals surface area (Å²) in [5.41, 5.74) is -0.938. The third-order valence-electron chi connectivity index (χ3n) is 1.95. The fourth-order valence-electron chi connectivity index (χ4n) is 1.21. The number of hydrogen-bond donors (Lipinski definition) is 0. The van der Waals surface area contributed by atoms with Gasteiger partial charge < -0.3 is 4.74 Å². The van der Waals surface area contributed by atoms with Gasteiger partial charge in [0.25, 0.3) is 0 Å². The summed E-state index contributed by atoms with van der Waals surface area (Å²) >= 11 is 0. The molecule has 0 radical (unpaired) electrons. The number of alkyl halides is 3. The van der Waals surface area contributed by atoms with Gasteiger partial charge in [-0.3, -0.25) is 14.3 Å². The number of Topliss-reactive ketones (excluding diaryl/α,β-unsaturated/α-hetero) is 1. The zero-order valence-electron chi connectivity index (χ0n) is 9.53. The summed E-state index contributed by atoms with van der Waals surface area (Å²) in [6.45, 7) is 1.34. The maximum absolute atomic E-state index is 12.2. The van der Waals surface area contributed by atoms with Gasteiger partial charge in [-0.15, -0.1) is 0 Å². The van der Waals surface area contributed by atoms with Gasteiger partial charge in [0.05, 0.1) is 18.4 Å². The predicted octanol–water partition coefficient (Wildman–Crippen LogP) is 1.42. The van der Waals surface area contributed by atoms with E-state index in [0.717, 1.165) is 4.68 Å². The number of carbonyl (C=O) groups is 2. The molecule has 5 nitrogen and oxygen atoms in total. The van der Waals surface area contributed by atoms with E-state index >= 15 is 0 Å². The molecule has 0 saturated carbocycles. The van der Waals surface area contributed by atoms with Gasteiger partial charge in [-0.25, -0.2) is 0 Å². The molecule has 18 heavy (non-hydrogen) atoms. The second-order valence-corrected chi connectivity index (χ2v) is 3.44. The first kappa shape index (κ1) is 14.2. The fraction of sp³-hybridized carbons (Fsp3) is 0.500. The van der Waals surface area contributed by atoms with Crippen LogP contribution in [0.25, 0.3) is 0 Å². The van der Waals surface area contributed by atoms with Gasteiger partial charge in [0.2, 0.25) is 0 Å². The van der Waals surface area contributed by atoms with E-state index in [0.29, 0.717) is 12.4 Å². The standard InChI is InChI=1S/C10H11F3N2O3/c1-2-18-9(17)3-8(16)6-15-5-7(4-14-15)10(11,12)13/h4-5H,2-3,6H2,1H3. The lowest BCUT2D eigenvalue weighted by Gasteiger charge is -2.02. The van der Waals surface area contributed by atoms with Crippen molar-refractivity contribution in [2.45, 2.75) is 26.1 Å². The van der Waals surface area contributed by atoms with Crippen molar-refractivity contribution < 1.29 is 27.5 Å². The van der Waals surface area contributed by atoms with Crippen LogP contribution in [-0.4, -0.2) is 28.1 Å². The molecule has 100 valence electrons. The quantitative estimate of drug-likeness (QED) is 0.596. The molecule has 0 N–H and O–H groups in total. The van der Waals surface area contributed by atoms with Crippen LogP contribution in [0, 0.1) is 0 Å². The highest BCUT2D eigenvalue weighted by molar-refractivity contribution is 5.95. The molecule has 0 aliphatic heterocycles. The van der Waals surface area contributed by atoms with Crippen LogP contribution in [0.15, 0.2) is 12.4 Å². The smallest absolute Gasteiger partial charge is 0.419 e. The molecule has 0 spiro atoms. The van der Waals surface area contributed by atoms with Crippen molar-refractivity contribution in [3.05, 3.63) is 18.0 Å². The summed E-state index contributed by atoms with van der Waals surface area (Å²) in [6.07, 6.45) is -3.64. The fourth-order valence-corrected chi connectivity index (χ4v) is 1.21. The van der Waals surface area contributed by atoms with Crippen LogP contribution in [0.5, 0.6) is 0 Å². The van der Waals surface area contributed by atoms with E-state index in [1.165, 1.54) is 0 Å². The molecule has 1 rings (SSSR count). The van der Waals surface area contributed by atoms with Crippen LogP contribution in [0.2, 0.25) is 0 Å². The zero-order chi connectivity index (χ0) is 13.8. The Bertz CT molecular complexity index is 440. The average molecular weight is 264 g/mol. The molecule has 0 saturated heterocycles. The minimum Gasteiger partial charge on any atom is -0.466 e. The number of hydrogen-bond acceptors (Lipinski definition) is 4. The SMILES string of the molecule is CCOC(=O)CC(=O)Cn1cc(C(F)(F)F)cn1. The number of carbonyl (C=O) groups excluding carboxylic acids is 2. The normalized spacial score (nSPS) is 11.3. The van der Waals surface area contributed by atoms with Gasteiger partial charge in [-0.2, -0.15) is 18.3 Å². The van der Waals surface area contributed by atoms with Crippen molar-refractivity contribution in [2.75, 3.05) is 6.61 Å². The number of ether oxygens (including phenoxy) is 1. The Kier molecular flexibility index (Phi) is 4.46. The monoisotopic (exact) mass is 264 g/mol. The largest absolute Gasteiger partial charge is 0.466 e. The van der Waals surface area contributed by atoms with Crippen molar-refractivity contribution >= 4 is 11.8 Å². The zero-order valence-corrected chi connectivity index (χ0v) is 9.53. The van der Waals surface area contributed by atoms with Crippen LogP contribution in [0.1, 0.15) is 18.9 Å². The maximum Gasteiger partial charge on any atom is 0.419 e. The van der Waals surface area contributed by atoms with Crippen molar-refractivity contribution in [1.29, 1.82) is 0 Å². The molecule has 0 aliphatic carbocycles. The van der Waals surface area contributed by atoms with Gasteiger partial charge >= 0.3 is 12.1 Å². The Hall–Kier alpha value is -1.86. The van der Waals surface area contributed by atoms with Crippen LogP contribution >= 0.6 is 0 Å². The number of esters is 1. The lowest BCUT2D eigenvalue weighted by molar-refractivity contribution is -0.145. The Morgan fingerprint density at radius 2 is 2.11 bits per heavy atom. The first-order valence-electron chi connectivity index (χ1n) is 5.10. The number of nitrogens with zero attached hydrogens (tertiary/aromatic N) is 2. The Balaban J connectivity index is 2.55. The Labute approximate surface area is 101 Å².